The van der Waals surface area contributed by atoms with E-state index in [0.29, 0.717) is 12.6 Å². The quantitative estimate of drug-likeness (QED) is 0.686. The number of fused-ring (bicyclic) bond motifs is 1. The molecule has 0 radical (unpaired) electrons. The summed E-state index contributed by atoms with van der Waals surface area (Å²) >= 11 is 0. The van der Waals surface area contributed by atoms with Crippen LogP contribution in [-0.2, 0) is 12.0 Å². The molecule has 0 bridgehead atoms. The molecule has 1 atom stereocenters. The monoisotopic (exact) mass is 348 g/mol. The Hall–Kier alpha value is -2.75. The van der Waals surface area contributed by atoms with Crippen LogP contribution in [0.1, 0.15) is 26.3 Å². The second-order valence-corrected chi connectivity index (χ2v) is 7.73. The Morgan fingerprint density at radius 1 is 1.08 bits per heavy atom. The normalized spacial score (nSPS) is 16.2. The summed E-state index contributed by atoms with van der Waals surface area (Å²) in [5, 5.41) is 0. The van der Waals surface area contributed by atoms with Gasteiger partial charge in [-0.05, 0) is 28.7 Å². The first kappa shape index (κ1) is 16.7. The van der Waals surface area contributed by atoms with Crippen LogP contribution in [0.2, 0.25) is 0 Å². The van der Waals surface area contributed by atoms with E-state index in [-0.39, 0.29) is 11.5 Å². The van der Waals surface area contributed by atoms with E-state index in [1.54, 1.807) is 0 Å². The van der Waals surface area contributed by atoms with E-state index in [1.807, 2.05) is 36.5 Å². The molecule has 4 rings (SSSR count). The number of nitrogens with zero attached hydrogens (tertiary/aromatic N) is 2. The summed E-state index contributed by atoms with van der Waals surface area (Å²) in [4.78, 5) is 4.40. The van der Waals surface area contributed by atoms with Crippen LogP contribution in [0.15, 0.2) is 60.8 Å². The minimum absolute atomic E-state index is 0.0246. The minimum atomic E-state index is -0.0246. The fourth-order valence-corrected chi connectivity index (χ4v) is 3.19. The zero-order valence-corrected chi connectivity index (χ0v) is 15.5. The van der Waals surface area contributed by atoms with Gasteiger partial charge in [-0.2, -0.15) is 0 Å². The molecule has 0 N–H and O–H groups in total. The average molecular weight is 348 g/mol. The van der Waals surface area contributed by atoms with Gasteiger partial charge in [0.2, 0.25) is 0 Å². The Morgan fingerprint density at radius 2 is 1.81 bits per heavy atom. The van der Waals surface area contributed by atoms with Gasteiger partial charge in [0, 0.05) is 0 Å². The molecule has 2 heterocycles. The maximum atomic E-state index is 5.94. The zero-order valence-electron chi connectivity index (χ0n) is 15.5. The summed E-state index contributed by atoms with van der Waals surface area (Å²) in [5.74, 6) is 0.870. The van der Waals surface area contributed by atoms with E-state index in [4.69, 9.17) is 9.47 Å². The molecule has 134 valence electrons. The molecule has 1 aromatic heterocycles. The first-order chi connectivity index (χ1) is 12.5. The van der Waals surface area contributed by atoms with E-state index in [9.17, 15) is 0 Å². The second-order valence-electron chi connectivity index (χ2n) is 7.73. The fraction of sp³-hybridized carbons (Fsp3) is 0.318. The highest BCUT2D eigenvalue weighted by atomic mass is 16.6. The highest BCUT2D eigenvalue weighted by Gasteiger charge is 2.27. The molecular formula is C22H24N2O2. The lowest BCUT2D eigenvalue weighted by molar-refractivity contribution is 0.143. The van der Waals surface area contributed by atoms with Crippen LogP contribution in [-0.4, -0.2) is 22.3 Å². The van der Waals surface area contributed by atoms with Crippen molar-refractivity contribution >= 4 is 0 Å². The average Bonchev–Trinajstić information content (AvgIpc) is 3.20. The van der Waals surface area contributed by atoms with E-state index in [2.05, 4.69) is 54.6 Å². The number of imidazole rings is 1. The molecule has 1 aliphatic rings. The summed E-state index contributed by atoms with van der Waals surface area (Å²) in [6.45, 7) is 7.88. The predicted octanol–water partition coefficient (Wildman–Crippen LogP) is 4.69. The molecule has 3 aromatic rings. The summed E-state index contributed by atoms with van der Waals surface area (Å²) in [6.07, 6.45) is 1.84. The van der Waals surface area contributed by atoms with Crippen LogP contribution in [0, 0.1) is 0 Å². The summed E-state index contributed by atoms with van der Waals surface area (Å²) in [5.41, 5.74) is 3.68. The van der Waals surface area contributed by atoms with E-state index < -0.39 is 0 Å². The molecule has 26 heavy (non-hydrogen) atoms. The maximum absolute atomic E-state index is 5.94. The first-order valence-electron chi connectivity index (χ1n) is 9.02. The largest absolute Gasteiger partial charge is 0.490 e. The van der Waals surface area contributed by atoms with Crippen LogP contribution in [0.25, 0.3) is 11.3 Å². The number of benzene rings is 2. The first-order valence-corrected chi connectivity index (χ1v) is 9.02. The van der Waals surface area contributed by atoms with E-state index in [0.717, 1.165) is 23.6 Å². The van der Waals surface area contributed by atoms with Gasteiger partial charge >= 0.3 is 0 Å². The summed E-state index contributed by atoms with van der Waals surface area (Å²) < 4.78 is 14.0. The zero-order chi connectivity index (χ0) is 18.1. The lowest BCUT2D eigenvalue weighted by Crippen LogP contribution is -2.23. The van der Waals surface area contributed by atoms with Gasteiger partial charge in [0.25, 0.3) is 6.01 Å². The third kappa shape index (κ3) is 3.32. The smallest absolute Gasteiger partial charge is 0.297 e. The van der Waals surface area contributed by atoms with Crippen molar-refractivity contribution in [2.24, 2.45) is 0 Å². The van der Waals surface area contributed by atoms with Crippen molar-refractivity contribution in [2.45, 2.75) is 38.8 Å². The summed E-state index contributed by atoms with van der Waals surface area (Å²) in [7, 11) is 0. The third-order valence-electron chi connectivity index (χ3n) is 4.70. The van der Waals surface area contributed by atoms with Gasteiger partial charge in [-0.25, -0.2) is 4.98 Å². The number of hydrogen-bond acceptors (Lipinski definition) is 3. The molecule has 0 saturated heterocycles. The maximum Gasteiger partial charge on any atom is 0.297 e. The molecule has 0 spiro atoms. The predicted molar refractivity (Wildman–Crippen MR) is 103 cm³/mol. The topological polar surface area (TPSA) is 36.3 Å². The molecule has 0 amide bonds. The number of hydrogen-bond donors (Lipinski definition) is 0. The number of ether oxygens (including phenoxy) is 2. The van der Waals surface area contributed by atoms with Crippen molar-refractivity contribution in [3.63, 3.8) is 0 Å². The molecule has 0 aliphatic carbocycles. The number of aromatic nitrogens is 2. The molecular weight excluding hydrogens is 324 g/mol. The second kappa shape index (κ2) is 6.52. The van der Waals surface area contributed by atoms with E-state index >= 15 is 0 Å². The van der Waals surface area contributed by atoms with Crippen LogP contribution in [0.4, 0.5) is 0 Å². The standard InChI is InChI=1S/C22H24N2O2/c1-22(2,3)17-9-11-18(12-10-17)25-15-19-14-24-20(13-23-21(24)26-19)16-7-5-4-6-8-16/h4-13,19H,14-15H2,1-3H3/t19-/m0/s1. The van der Waals surface area contributed by atoms with Gasteiger partial charge in [0.05, 0.1) is 18.4 Å². The Balaban J connectivity index is 1.40. The Labute approximate surface area is 154 Å². The molecule has 4 heteroatoms. The van der Waals surface area contributed by atoms with Gasteiger partial charge < -0.3 is 9.47 Å². The molecule has 0 fully saturated rings. The van der Waals surface area contributed by atoms with Crippen LogP contribution in [0.3, 0.4) is 0 Å². The number of rotatable bonds is 4. The van der Waals surface area contributed by atoms with Gasteiger partial charge in [0.1, 0.15) is 12.4 Å². The van der Waals surface area contributed by atoms with Gasteiger partial charge in [-0.1, -0.05) is 63.2 Å². The van der Waals surface area contributed by atoms with Gasteiger partial charge in [-0.3, -0.25) is 4.57 Å². The molecule has 4 nitrogen and oxygen atoms in total. The SMILES string of the molecule is CC(C)(C)c1ccc(OC[C@@H]2Cn3c(-c4ccccc4)cnc3O2)cc1. The Bertz CT molecular complexity index is 877. The van der Waals surface area contributed by atoms with Crippen molar-refractivity contribution in [1.82, 2.24) is 9.55 Å². The van der Waals surface area contributed by atoms with Crippen molar-refractivity contribution in [1.29, 1.82) is 0 Å². The molecule has 1 aliphatic heterocycles. The lowest BCUT2D eigenvalue weighted by Gasteiger charge is -2.19. The minimum Gasteiger partial charge on any atom is -0.490 e. The molecule has 2 aromatic carbocycles. The Morgan fingerprint density at radius 3 is 2.50 bits per heavy atom. The summed E-state index contributed by atoms with van der Waals surface area (Å²) in [6, 6.07) is 19.2. The van der Waals surface area contributed by atoms with Crippen molar-refractivity contribution in [2.75, 3.05) is 6.61 Å². The van der Waals surface area contributed by atoms with Crippen LogP contribution >= 0.6 is 0 Å². The van der Waals surface area contributed by atoms with Crippen molar-refractivity contribution in [3.05, 3.63) is 66.4 Å². The Kier molecular flexibility index (Phi) is 4.19. The highest BCUT2D eigenvalue weighted by Crippen LogP contribution is 2.30. The molecule has 0 unspecified atom stereocenters. The van der Waals surface area contributed by atoms with Crippen LogP contribution < -0.4 is 9.47 Å². The molecule has 0 saturated carbocycles. The van der Waals surface area contributed by atoms with Crippen LogP contribution in [0.5, 0.6) is 11.8 Å². The van der Waals surface area contributed by atoms with Gasteiger partial charge in [-0.15, -0.1) is 0 Å². The van der Waals surface area contributed by atoms with Crippen molar-refractivity contribution < 1.29 is 9.47 Å². The van der Waals surface area contributed by atoms with Crippen molar-refractivity contribution in [3.8, 4) is 23.0 Å². The fourth-order valence-electron chi connectivity index (χ4n) is 3.19. The van der Waals surface area contributed by atoms with Gasteiger partial charge in [0.15, 0.2) is 6.10 Å². The third-order valence-corrected chi connectivity index (χ3v) is 4.70. The van der Waals surface area contributed by atoms with E-state index in [1.165, 1.54) is 5.56 Å². The highest BCUT2D eigenvalue weighted by molar-refractivity contribution is 5.60. The lowest BCUT2D eigenvalue weighted by atomic mass is 9.87.